The van der Waals surface area contributed by atoms with Crippen LogP contribution in [0.25, 0.3) is 10.2 Å². The number of nitrogens with one attached hydrogen (secondary N) is 2. The fourth-order valence-electron chi connectivity index (χ4n) is 3.14. The molecule has 30 heavy (non-hydrogen) atoms. The smallest absolute Gasteiger partial charge is 0.379 e. The van der Waals surface area contributed by atoms with Crippen LogP contribution < -0.4 is 10.6 Å². The van der Waals surface area contributed by atoms with E-state index in [-0.39, 0.29) is 30.8 Å². The first-order chi connectivity index (χ1) is 14.3. The van der Waals surface area contributed by atoms with Crippen LogP contribution in [-0.4, -0.2) is 66.1 Å². The lowest BCUT2D eigenvalue weighted by Gasteiger charge is -2.39. The van der Waals surface area contributed by atoms with Crippen LogP contribution in [0, 0.1) is 5.92 Å². The lowest BCUT2D eigenvalue weighted by molar-refractivity contribution is -0.201. The van der Waals surface area contributed by atoms with Gasteiger partial charge in [-0.2, -0.15) is 13.2 Å². The molecule has 2 fully saturated rings. The Labute approximate surface area is 178 Å². The number of hydrogen-bond acceptors (Lipinski definition) is 6. The second-order valence-electron chi connectivity index (χ2n) is 7.15. The second-order valence-corrected chi connectivity index (χ2v) is 9.41. The van der Waals surface area contributed by atoms with Crippen molar-refractivity contribution in [3.8, 4) is 0 Å². The molecule has 2 aliphatic rings. The van der Waals surface area contributed by atoms with E-state index >= 15 is 0 Å². The number of alkyl halides is 3. The lowest BCUT2D eigenvalue weighted by Crippen LogP contribution is -2.56. The summed E-state index contributed by atoms with van der Waals surface area (Å²) in [7, 11) is 0. The van der Waals surface area contributed by atoms with Gasteiger partial charge >= 0.3 is 12.2 Å². The number of hydrogen-bond donors (Lipinski definition) is 2. The van der Waals surface area contributed by atoms with Crippen LogP contribution >= 0.6 is 23.1 Å². The van der Waals surface area contributed by atoms with Crippen molar-refractivity contribution in [1.82, 2.24) is 15.2 Å². The molecule has 0 aliphatic carbocycles. The number of thioether (sulfide) groups is 1. The van der Waals surface area contributed by atoms with Crippen LogP contribution in [0.1, 0.15) is 6.42 Å². The van der Waals surface area contributed by atoms with Gasteiger partial charge in [0.15, 0.2) is 4.34 Å². The van der Waals surface area contributed by atoms with Crippen LogP contribution in [0.5, 0.6) is 0 Å². The van der Waals surface area contributed by atoms with Gasteiger partial charge in [-0.05, 0) is 24.6 Å². The van der Waals surface area contributed by atoms with E-state index in [9.17, 15) is 22.8 Å². The number of carbonyl (C=O) groups excluding carboxylic acids is 2. The first kappa shape index (κ1) is 21.2. The van der Waals surface area contributed by atoms with Crippen molar-refractivity contribution in [3.05, 3.63) is 18.2 Å². The molecule has 1 atom stereocenters. The number of aromatic nitrogens is 1. The Hall–Kier alpha value is -2.05. The Balaban J connectivity index is 1.30. The quantitative estimate of drug-likeness (QED) is 0.669. The highest BCUT2D eigenvalue weighted by Gasteiger charge is 2.48. The van der Waals surface area contributed by atoms with Crippen molar-refractivity contribution in [2.45, 2.75) is 23.0 Å². The summed E-state index contributed by atoms with van der Waals surface area (Å²) in [6.07, 6.45) is -3.45. The highest BCUT2D eigenvalue weighted by molar-refractivity contribution is 8.01. The molecule has 2 aliphatic heterocycles. The molecule has 1 aromatic carbocycles. The number of thiazole rings is 1. The Kier molecular flexibility index (Phi) is 6.07. The topological polar surface area (TPSA) is 83.6 Å². The van der Waals surface area contributed by atoms with Crippen molar-refractivity contribution in [3.63, 3.8) is 0 Å². The Bertz CT molecular complexity index is 940. The highest BCUT2D eigenvalue weighted by atomic mass is 32.2. The van der Waals surface area contributed by atoms with Gasteiger partial charge in [-0.15, -0.1) is 11.3 Å². The van der Waals surface area contributed by atoms with Gasteiger partial charge in [0.1, 0.15) is 0 Å². The molecule has 3 heterocycles. The van der Waals surface area contributed by atoms with Crippen molar-refractivity contribution in [1.29, 1.82) is 0 Å². The van der Waals surface area contributed by atoms with Gasteiger partial charge in [0.25, 0.3) is 0 Å². The molecule has 1 aromatic heterocycles. The summed E-state index contributed by atoms with van der Waals surface area (Å²) in [6.45, 7) is 0.553. The van der Waals surface area contributed by atoms with E-state index in [0.717, 1.165) is 25.9 Å². The van der Waals surface area contributed by atoms with Crippen LogP contribution in [-0.2, 0) is 9.53 Å². The summed E-state index contributed by atoms with van der Waals surface area (Å²) < 4.78 is 44.4. The molecule has 0 saturated carbocycles. The minimum atomic E-state index is -4.27. The minimum Gasteiger partial charge on any atom is -0.379 e. The zero-order chi connectivity index (χ0) is 21.3. The molecule has 0 spiro atoms. The maximum Gasteiger partial charge on any atom is 0.395 e. The molecule has 12 heteroatoms. The number of anilines is 1. The van der Waals surface area contributed by atoms with E-state index in [1.165, 1.54) is 23.1 Å². The van der Waals surface area contributed by atoms with Crippen LogP contribution in [0.3, 0.4) is 0 Å². The second kappa shape index (κ2) is 8.60. The molecule has 162 valence electrons. The number of urea groups is 1. The molecule has 3 amide bonds. The van der Waals surface area contributed by atoms with Gasteiger partial charge in [0, 0.05) is 25.4 Å². The number of amides is 3. The van der Waals surface area contributed by atoms with Crippen molar-refractivity contribution < 1.29 is 27.5 Å². The molecular formula is C18H19F3N4O3S2. The van der Waals surface area contributed by atoms with Gasteiger partial charge in [0.05, 0.1) is 34.5 Å². The molecule has 0 radical (unpaired) electrons. The van der Waals surface area contributed by atoms with E-state index in [1.54, 1.807) is 18.2 Å². The molecule has 7 nitrogen and oxygen atoms in total. The molecule has 2 N–H and O–H groups in total. The van der Waals surface area contributed by atoms with Crippen LogP contribution in [0.4, 0.5) is 23.7 Å². The van der Waals surface area contributed by atoms with Gasteiger partial charge in [-0.3, -0.25) is 4.79 Å². The molecule has 4 rings (SSSR count). The van der Waals surface area contributed by atoms with Gasteiger partial charge in [-0.25, -0.2) is 9.78 Å². The monoisotopic (exact) mass is 460 g/mol. The van der Waals surface area contributed by atoms with Crippen molar-refractivity contribution in [2.75, 3.05) is 37.4 Å². The number of likely N-dealkylation sites (tertiary alicyclic amines) is 1. The van der Waals surface area contributed by atoms with Crippen molar-refractivity contribution in [2.24, 2.45) is 5.92 Å². The molecule has 2 aromatic rings. The molecule has 0 bridgehead atoms. The van der Waals surface area contributed by atoms with E-state index < -0.39 is 18.1 Å². The normalized spacial score (nSPS) is 19.7. The zero-order valence-corrected chi connectivity index (χ0v) is 17.3. The molecule has 2 saturated heterocycles. The first-order valence-electron chi connectivity index (χ1n) is 9.31. The van der Waals surface area contributed by atoms with Gasteiger partial charge in [0.2, 0.25) is 5.91 Å². The number of halogens is 3. The maximum atomic E-state index is 12.6. The standard InChI is InChI=1S/C18H19F3N4O3S2/c19-18(20,21)10-6-25(7-10)16(27)23-11-1-2-13-14(5-11)30-17(24-13)29-9-15(26)22-12-3-4-28-8-12/h1-2,5,10,12H,3-4,6-9H2,(H,22,26)(H,23,27). The fourth-order valence-corrected chi connectivity index (χ4v) is 5.06. The summed E-state index contributed by atoms with van der Waals surface area (Å²) >= 11 is 2.72. The lowest BCUT2D eigenvalue weighted by atomic mass is 10.0. The maximum absolute atomic E-state index is 12.6. The van der Waals surface area contributed by atoms with Crippen LogP contribution in [0.15, 0.2) is 22.5 Å². The third kappa shape index (κ3) is 4.98. The van der Waals surface area contributed by atoms with Gasteiger partial charge in [-0.1, -0.05) is 11.8 Å². The Morgan fingerprint density at radius 3 is 2.83 bits per heavy atom. The average molecular weight is 461 g/mol. The third-order valence-electron chi connectivity index (χ3n) is 4.87. The Morgan fingerprint density at radius 1 is 1.33 bits per heavy atom. The first-order valence-corrected chi connectivity index (χ1v) is 11.1. The summed E-state index contributed by atoms with van der Waals surface area (Å²) in [5.74, 6) is -1.28. The zero-order valence-electron chi connectivity index (χ0n) is 15.7. The molecule has 1 unspecified atom stereocenters. The SMILES string of the molecule is O=C(CSc1nc2ccc(NC(=O)N3CC(C(F)(F)F)C3)cc2s1)NC1CCOC1. The van der Waals surface area contributed by atoms with Crippen LogP contribution in [0.2, 0.25) is 0 Å². The number of rotatable bonds is 5. The van der Waals surface area contributed by atoms with E-state index in [4.69, 9.17) is 4.74 Å². The predicted molar refractivity (Wildman–Crippen MR) is 108 cm³/mol. The summed E-state index contributed by atoms with van der Waals surface area (Å²) in [6, 6.07) is 4.63. The summed E-state index contributed by atoms with van der Waals surface area (Å²) in [5.41, 5.74) is 1.22. The number of carbonyl (C=O) groups is 2. The van der Waals surface area contributed by atoms with Gasteiger partial charge < -0.3 is 20.3 Å². The number of ether oxygens (including phenoxy) is 1. The van der Waals surface area contributed by atoms with E-state index in [2.05, 4.69) is 15.6 Å². The predicted octanol–water partition coefficient (Wildman–Crippen LogP) is 3.32. The molecular weight excluding hydrogens is 441 g/mol. The average Bonchev–Trinajstić information content (AvgIpc) is 3.26. The number of benzene rings is 1. The van der Waals surface area contributed by atoms with E-state index in [1.807, 2.05) is 0 Å². The minimum absolute atomic E-state index is 0.0671. The number of nitrogens with zero attached hydrogens (tertiary/aromatic N) is 2. The fraction of sp³-hybridized carbons (Fsp3) is 0.500. The van der Waals surface area contributed by atoms with Crippen molar-refractivity contribution >= 4 is 50.9 Å². The Morgan fingerprint density at radius 2 is 2.13 bits per heavy atom. The summed E-state index contributed by atoms with van der Waals surface area (Å²) in [4.78, 5) is 29.7. The largest absolute Gasteiger partial charge is 0.395 e. The highest BCUT2D eigenvalue weighted by Crippen LogP contribution is 2.34. The summed E-state index contributed by atoms with van der Waals surface area (Å²) in [5, 5.41) is 5.54. The number of fused-ring (bicyclic) bond motifs is 1. The third-order valence-corrected chi connectivity index (χ3v) is 7.03. The van der Waals surface area contributed by atoms with E-state index in [0.29, 0.717) is 18.9 Å².